The molecule has 2 unspecified atom stereocenters. The Balaban J connectivity index is -0.000000333. The van der Waals surface area contributed by atoms with Crippen molar-refractivity contribution in [1.82, 2.24) is 0 Å². The number of hydrogen-bond acceptors (Lipinski definition) is 5. The van der Waals surface area contributed by atoms with Crippen molar-refractivity contribution in [3.8, 4) is 0 Å². The van der Waals surface area contributed by atoms with E-state index in [0.717, 1.165) is 0 Å². The molecule has 0 saturated heterocycles. The molecule has 6 nitrogen and oxygen atoms in total. The van der Waals surface area contributed by atoms with E-state index in [1.165, 1.54) is 0 Å². The van der Waals surface area contributed by atoms with Gasteiger partial charge in [-0.1, -0.05) is 38.2 Å². The third-order valence-corrected chi connectivity index (χ3v) is 5.72. The van der Waals surface area contributed by atoms with Gasteiger partial charge in [0.15, 0.2) is 0 Å². The Morgan fingerprint density at radius 3 is 1.48 bits per heavy atom. The van der Waals surface area contributed by atoms with E-state index in [2.05, 4.69) is 0 Å². The molecule has 2 atom stereocenters. The molecule has 0 spiro atoms. The Morgan fingerprint density at radius 2 is 1.26 bits per heavy atom. The van der Waals surface area contributed by atoms with Crippen LogP contribution in [0.4, 0.5) is 0 Å². The van der Waals surface area contributed by atoms with Crippen molar-refractivity contribution >= 4 is 20.2 Å². The zero-order valence-electron chi connectivity index (χ0n) is 14.6. The normalized spacial score (nSPS) is 14.9. The Labute approximate surface area is 163 Å². The molecule has 0 bridgehead atoms. The molecule has 0 rings (SSSR count). The first-order valence-corrected chi connectivity index (χ1v) is 10.1. The summed E-state index contributed by atoms with van der Waals surface area (Å²) in [5.41, 5.74) is 0. The van der Waals surface area contributed by atoms with Gasteiger partial charge in [0.25, 0.3) is 10.1 Å². The summed E-state index contributed by atoms with van der Waals surface area (Å²) in [5, 5.41) is -1.39. The summed E-state index contributed by atoms with van der Waals surface area (Å²) < 4.78 is 61.3. The first kappa shape index (κ1) is 28.1. The molecule has 0 fully saturated rings. The third-order valence-electron chi connectivity index (χ3n) is 3.01. The zero-order valence-corrected chi connectivity index (χ0v) is 18.2. The molecule has 0 aliphatic rings. The van der Waals surface area contributed by atoms with Gasteiger partial charge in [0.1, 0.15) is 0 Å². The SMILES string of the molecule is C/C=C/CC(CC)S(=O)(=O)O.C/C=C/CC(CC)S(=O)(=O)[O-].[Na+]. The summed E-state index contributed by atoms with van der Waals surface area (Å²) >= 11 is 0. The first-order chi connectivity index (χ1) is 10.0. The van der Waals surface area contributed by atoms with Gasteiger partial charge in [-0.2, -0.15) is 8.42 Å². The molecule has 0 aromatic carbocycles. The van der Waals surface area contributed by atoms with Crippen LogP contribution in [0, 0.1) is 0 Å². The monoisotopic (exact) mass is 378 g/mol. The Hall–Kier alpha value is 0.300. The first-order valence-electron chi connectivity index (χ1n) is 7.17. The van der Waals surface area contributed by atoms with Crippen molar-refractivity contribution in [2.24, 2.45) is 0 Å². The number of allylic oxidation sites excluding steroid dienone is 4. The fourth-order valence-corrected chi connectivity index (χ4v) is 3.09. The van der Waals surface area contributed by atoms with E-state index in [1.807, 2.05) is 6.92 Å². The molecule has 23 heavy (non-hydrogen) atoms. The second kappa shape index (κ2) is 14.6. The van der Waals surface area contributed by atoms with E-state index < -0.39 is 30.7 Å². The van der Waals surface area contributed by atoms with Gasteiger partial charge in [0.2, 0.25) is 0 Å². The maximum atomic E-state index is 10.6. The van der Waals surface area contributed by atoms with E-state index in [0.29, 0.717) is 25.7 Å². The minimum absolute atomic E-state index is 0. The van der Waals surface area contributed by atoms with Crippen LogP contribution in [0.1, 0.15) is 53.4 Å². The molecule has 0 aromatic heterocycles. The van der Waals surface area contributed by atoms with Crippen LogP contribution in [0.5, 0.6) is 0 Å². The summed E-state index contributed by atoms with van der Waals surface area (Å²) in [6.07, 6.45) is 8.51. The molecule has 0 aliphatic carbocycles. The molecular formula is C14H27NaO6S2. The van der Waals surface area contributed by atoms with E-state index in [4.69, 9.17) is 4.55 Å². The minimum Gasteiger partial charge on any atom is -0.748 e. The van der Waals surface area contributed by atoms with Gasteiger partial charge >= 0.3 is 29.6 Å². The maximum absolute atomic E-state index is 10.6. The largest absolute Gasteiger partial charge is 1.00 e. The van der Waals surface area contributed by atoms with Gasteiger partial charge < -0.3 is 4.55 Å². The zero-order chi connectivity index (χ0) is 17.8. The maximum Gasteiger partial charge on any atom is 1.00 e. The molecule has 0 amide bonds. The molecule has 132 valence electrons. The summed E-state index contributed by atoms with van der Waals surface area (Å²) in [6, 6.07) is 0. The van der Waals surface area contributed by atoms with Crippen LogP contribution in [-0.4, -0.2) is 36.4 Å². The Morgan fingerprint density at radius 1 is 0.913 bits per heavy atom. The average molecular weight is 378 g/mol. The summed E-state index contributed by atoms with van der Waals surface area (Å²) in [6.45, 7) is 7.05. The van der Waals surface area contributed by atoms with Crippen LogP contribution in [0.2, 0.25) is 0 Å². The summed E-state index contributed by atoms with van der Waals surface area (Å²) in [7, 11) is -7.93. The standard InChI is InChI=1S/2C7H14O3S.Na/c2*1-3-5-6-7(4-2)11(8,9)10;/h2*3,5,7H,4,6H2,1-2H3,(H,8,9,10);/q;;+1/p-1/b2*5-3+;. The Bertz CT molecular complexity index is 488. The molecule has 0 saturated carbocycles. The third kappa shape index (κ3) is 15.6. The quantitative estimate of drug-likeness (QED) is 0.359. The van der Waals surface area contributed by atoms with Crippen molar-refractivity contribution in [3.63, 3.8) is 0 Å². The van der Waals surface area contributed by atoms with Crippen molar-refractivity contribution < 1.29 is 55.5 Å². The topological polar surface area (TPSA) is 112 Å². The van der Waals surface area contributed by atoms with Crippen molar-refractivity contribution in [2.45, 2.75) is 63.9 Å². The van der Waals surface area contributed by atoms with Crippen molar-refractivity contribution in [3.05, 3.63) is 24.3 Å². The molecule has 0 aromatic rings. The van der Waals surface area contributed by atoms with Crippen molar-refractivity contribution in [2.75, 3.05) is 0 Å². The summed E-state index contributed by atoms with van der Waals surface area (Å²) in [4.78, 5) is 0. The van der Waals surface area contributed by atoms with E-state index >= 15 is 0 Å². The smallest absolute Gasteiger partial charge is 0.748 e. The van der Waals surface area contributed by atoms with E-state index in [-0.39, 0.29) is 29.6 Å². The Kier molecular flexibility index (Phi) is 17.9. The van der Waals surface area contributed by atoms with Gasteiger partial charge in [-0.15, -0.1) is 0 Å². The van der Waals surface area contributed by atoms with Crippen LogP contribution in [0.25, 0.3) is 0 Å². The van der Waals surface area contributed by atoms with Crippen molar-refractivity contribution in [1.29, 1.82) is 0 Å². The fraction of sp³-hybridized carbons (Fsp3) is 0.714. The van der Waals surface area contributed by atoms with Crippen LogP contribution in [-0.2, 0) is 20.2 Å². The van der Waals surface area contributed by atoms with Crippen LogP contribution < -0.4 is 29.6 Å². The summed E-state index contributed by atoms with van der Waals surface area (Å²) in [5.74, 6) is 0. The van der Waals surface area contributed by atoms with E-state index in [1.54, 1.807) is 45.1 Å². The van der Waals surface area contributed by atoms with Gasteiger partial charge in [0, 0.05) is 0 Å². The van der Waals surface area contributed by atoms with Gasteiger partial charge in [-0.05, 0) is 39.5 Å². The molecule has 0 aliphatic heterocycles. The molecule has 0 radical (unpaired) electrons. The molecule has 9 heteroatoms. The fourth-order valence-electron chi connectivity index (χ4n) is 1.56. The van der Waals surface area contributed by atoms with Crippen LogP contribution >= 0.6 is 0 Å². The molecular weight excluding hydrogens is 351 g/mol. The predicted molar refractivity (Wildman–Crippen MR) is 88.3 cm³/mol. The second-order valence-electron chi connectivity index (χ2n) is 4.68. The van der Waals surface area contributed by atoms with Gasteiger partial charge in [0.05, 0.1) is 20.6 Å². The number of hydrogen-bond donors (Lipinski definition) is 1. The average Bonchev–Trinajstić information content (AvgIpc) is 2.38. The molecule has 1 N–H and O–H groups in total. The van der Waals surface area contributed by atoms with Crippen LogP contribution in [0.15, 0.2) is 24.3 Å². The van der Waals surface area contributed by atoms with Gasteiger partial charge in [-0.3, -0.25) is 4.55 Å². The molecule has 0 heterocycles. The minimum atomic E-state index is -4.09. The predicted octanol–water partition coefficient (Wildman–Crippen LogP) is -0.101. The van der Waals surface area contributed by atoms with Crippen LogP contribution in [0.3, 0.4) is 0 Å². The number of rotatable bonds is 8. The second-order valence-corrected chi connectivity index (χ2v) is 8.03. The van der Waals surface area contributed by atoms with Gasteiger partial charge in [-0.25, -0.2) is 8.42 Å². The van der Waals surface area contributed by atoms with E-state index in [9.17, 15) is 21.4 Å².